The molecule has 180 valence electrons. The summed E-state index contributed by atoms with van der Waals surface area (Å²) in [6.07, 6.45) is 4.99. The van der Waals surface area contributed by atoms with E-state index in [1.807, 2.05) is 19.1 Å². The number of morpholine rings is 1. The molecule has 1 N–H and O–H groups in total. The van der Waals surface area contributed by atoms with Crippen molar-refractivity contribution in [2.24, 2.45) is 0 Å². The van der Waals surface area contributed by atoms with Gasteiger partial charge in [0, 0.05) is 47.5 Å². The number of fused-ring (bicyclic) bond motifs is 5. The summed E-state index contributed by atoms with van der Waals surface area (Å²) >= 11 is 7.58. The van der Waals surface area contributed by atoms with Gasteiger partial charge in [-0.15, -0.1) is 11.3 Å². The van der Waals surface area contributed by atoms with Crippen LogP contribution in [0, 0.1) is 0 Å². The first-order chi connectivity index (χ1) is 17.0. The Kier molecular flexibility index (Phi) is 5.97. The zero-order valence-corrected chi connectivity index (χ0v) is 20.7. The Hall–Kier alpha value is -2.92. The predicted octanol–water partition coefficient (Wildman–Crippen LogP) is 3.98. The molecule has 35 heavy (non-hydrogen) atoms. The maximum atomic E-state index is 12.7. The van der Waals surface area contributed by atoms with Gasteiger partial charge in [0.25, 0.3) is 5.91 Å². The molecular formula is C24H23ClN6O3S. The lowest BCUT2D eigenvalue weighted by Crippen LogP contribution is -2.35. The Morgan fingerprint density at radius 2 is 2.09 bits per heavy atom. The summed E-state index contributed by atoms with van der Waals surface area (Å²) in [5, 5.41) is 4.17. The molecule has 0 spiro atoms. The van der Waals surface area contributed by atoms with E-state index in [-0.39, 0.29) is 17.2 Å². The second kappa shape index (κ2) is 9.27. The summed E-state index contributed by atoms with van der Waals surface area (Å²) in [6, 6.07) is 4.05. The van der Waals surface area contributed by atoms with Crippen molar-refractivity contribution in [3.05, 3.63) is 45.8 Å². The van der Waals surface area contributed by atoms with Crippen LogP contribution in [-0.4, -0.2) is 63.1 Å². The third kappa shape index (κ3) is 4.42. The first kappa shape index (κ1) is 22.5. The fourth-order valence-corrected chi connectivity index (χ4v) is 5.85. The molecule has 1 saturated heterocycles. The zero-order chi connectivity index (χ0) is 23.9. The molecule has 6 rings (SSSR count). The smallest absolute Gasteiger partial charge is 0.261 e. The van der Waals surface area contributed by atoms with Gasteiger partial charge in [0.05, 0.1) is 35.3 Å². The van der Waals surface area contributed by atoms with Crippen LogP contribution in [0.25, 0.3) is 21.1 Å². The Morgan fingerprint density at radius 1 is 1.23 bits per heavy atom. The molecule has 3 aromatic heterocycles. The fraction of sp³-hybridized carbons (Fsp3) is 0.375. The third-order valence-corrected chi connectivity index (χ3v) is 7.72. The van der Waals surface area contributed by atoms with Crippen molar-refractivity contribution < 1.29 is 14.3 Å². The highest BCUT2D eigenvalue weighted by atomic mass is 35.5. The van der Waals surface area contributed by atoms with Crippen molar-refractivity contribution in [3.63, 3.8) is 0 Å². The van der Waals surface area contributed by atoms with E-state index >= 15 is 0 Å². The van der Waals surface area contributed by atoms with Crippen LogP contribution in [0.15, 0.2) is 24.5 Å². The van der Waals surface area contributed by atoms with Gasteiger partial charge in [-0.25, -0.2) is 15.0 Å². The van der Waals surface area contributed by atoms with E-state index in [1.54, 1.807) is 12.4 Å². The minimum absolute atomic E-state index is 0.0132. The summed E-state index contributed by atoms with van der Waals surface area (Å²) in [7, 11) is 0. The van der Waals surface area contributed by atoms with E-state index in [0.717, 1.165) is 57.5 Å². The number of carbonyl (C=O) groups is 1. The van der Waals surface area contributed by atoms with Gasteiger partial charge in [0.15, 0.2) is 0 Å². The summed E-state index contributed by atoms with van der Waals surface area (Å²) in [5.41, 5.74) is 3.33. The first-order valence-electron chi connectivity index (χ1n) is 11.6. The highest BCUT2D eigenvalue weighted by molar-refractivity contribution is 7.21. The molecule has 1 aromatic carbocycles. The van der Waals surface area contributed by atoms with Gasteiger partial charge in [0.2, 0.25) is 17.0 Å². The summed E-state index contributed by atoms with van der Waals surface area (Å²) in [4.78, 5) is 33.6. The molecular weight excluding hydrogens is 488 g/mol. The second-order valence-electron chi connectivity index (χ2n) is 8.80. The average molecular weight is 511 g/mol. The Labute approximate surface area is 210 Å². The highest BCUT2D eigenvalue weighted by Gasteiger charge is 2.25. The topological polar surface area (TPSA) is 102 Å². The lowest BCUT2D eigenvalue weighted by Gasteiger charge is -2.26. The van der Waals surface area contributed by atoms with E-state index < -0.39 is 0 Å². The number of nitrogens with zero attached hydrogens (tertiary/aromatic N) is 5. The molecule has 4 aromatic rings. The minimum atomic E-state index is -0.0132. The van der Waals surface area contributed by atoms with Crippen molar-refractivity contribution in [2.45, 2.75) is 32.4 Å². The number of amides is 1. The van der Waals surface area contributed by atoms with Crippen molar-refractivity contribution in [2.75, 3.05) is 26.3 Å². The highest BCUT2D eigenvalue weighted by Crippen LogP contribution is 2.38. The molecule has 1 fully saturated rings. The van der Waals surface area contributed by atoms with Gasteiger partial charge >= 0.3 is 0 Å². The van der Waals surface area contributed by atoms with Gasteiger partial charge in [-0.2, -0.15) is 4.98 Å². The van der Waals surface area contributed by atoms with Gasteiger partial charge in [-0.05, 0) is 49.1 Å². The second-order valence-corrected chi connectivity index (χ2v) is 10.2. The molecule has 11 heteroatoms. The van der Waals surface area contributed by atoms with Crippen LogP contribution in [-0.2, 0) is 17.7 Å². The molecule has 1 atom stereocenters. The Balaban J connectivity index is 1.35. The van der Waals surface area contributed by atoms with Gasteiger partial charge in [-0.1, -0.05) is 0 Å². The van der Waals surface area contributed by atoms with E-state index in [4.69, 9.17) is 31.0 Å². The number of thiophene rings is 1. The quantitative estimate of drug-likeness (QED) is 0.411. The van der Waals surface area contributed by atoms with Crippen LogP contribution in [0.4, 0.5) is 0 Å². The van der Waals surface area contributed by atoms with Crippen LogP contribution in [0.1, 0.15) is 34.1 Å². The largest absolute Gasteiger partial charge is 0.418 e. The number of halogens is 1. The van der Waals surface area contributed by atoms with Crippen molar-refractivity contribution >= 4 is 50.0 Å². The van der Waals surface area contributed by atoms with Gasteiger partial charge in [-0.3, -0.25) is 9.69 Å². The normalized spacial score (nSPS) is 18.9. The lowest BCUT2D eigenvalue weighted by atomic mass is 10.0. The van der Waals surface area contributed by atoms with Gasteiger partial charge < -0.3 is 14.8 Å². The zero-order valence-electron chi connectivity index (χ0n) is 19.1. The number of benzene rings is 1. The SMILES string of the molecule is C[C@@H]1CCc2c(sc3ccc4nc(Oc5nc(Cl)ncc5CN5CCOCC5)cnc4c23)C(=O)N1. The summed E-state index contributed by atoms with van der Waals surface area (Å²) in [5.74, 6) is 0.671. The number of hydrogen-bond donors (Lipinski definition) is 1. The Bertz CT molecular complexity index is 1440. The fourth-order valence-electron chi connectivity index (χ4n) is 4.57. The molecule has 0 aliphatic carbocycles. The van der Waals surface area contributed by atoms with Crippen molar-refractivity contribution in [1.82, 2.24) is 30.2 Å². The number of rotatable bonds is 4. The van der Waals surface area contributed by atoms with E-state index in [2.05, 4.69) is 20.2 Å². The lowest BCUT2D eigenvalue weighted by molar-refractivity contribution is 0.0338. The maximum Gasteiger partial charge on any atom is 0.261 e. The molecule has 0 unspecified atom stereocenters. The first-order valence-corrected chi connectivity index (χ1v) is 12.8. The van der Waals surface area contributed by atoms with Crippen LogP contribution >= 0.6 is 22.9 Å². The Morgan fingerprint density at radius 3 is 2.94 bits per heavy atom. The minimum Gasteiger partial charge on any atom is -0.418 e. The molecule has 2 aliphatic heterocycles. The average Bonchev–Trinajstić information content (AvgIpc) is 3.17. The summed E-state index contributed by atoms with van der Waals surface area (Å²) in [6.45, 7) is 5.71. The maximum absolute atomic E-state index is 12.7. The van der Waals surface area contributed by atoms with E-state index in [0.29, 0.717) is 37.0 Å². The molecule has 5 heterocycles. The van der Waals surface area contributed by atoms with Crippen molar-refractivity contribution in [3.8, 4) is 11.8 Å². The predicted molar refractivity (Wildman–Crippen MR) is 133 cm³/mol. The standard InChI is InChI=1S/C24H23ClN6O3S/c1-13-2-3-15-19-17(35-21(15)22(32)28-13)5-4-16-20(19)26-11-18(29-16)34-23-14(10-27-24(25)30-23)12-31-6-8-33-9-7-31/h4-5,10-11,13H,2-3,6-9,12H2,1H3,(H,28,32)/t13-/m1/s1. The molecule has 0 saturated carbocycles. The van der Waals surface area contributed by atoms with Crippen LogP contribution < -0.4 is 10.1 Å². The molecule has 2 aliphatic rings. The number of nitrogens with one attached hydrogen (secondary N) is 1. The van der Waals surface area contributed by atoms with Crippen LogP contribution in [0.5, 0.6) is 11.8 Å². The van der Waals surface area contributed by atoms with E-state index in [9.17, 15) is 4.79 Å². The van der Waals surface area contributed by atoms with Crippen LogP contribution in [0.3, 0.4) is 0 Å². The molecule has 1 amide bonds. The van der Waals surface area contributed by atoms with Crippen molar-refractivity contribution in [1.29, 1.82) is 0 Å². The van der Waals surface area contributed by atoms with Gasteiger partial charge in [0.1, 0.15) is 0 Å². The monoisotopic (exact) mass is 510 g/mol. The number of ether oxygens (including phenoxy) is 2. The molecule has 9 nitrogen and oxygen atoms in total. The molecule has 0 radical (unpaired) electrons. The number of hydrogen-bond acceptors (Lipinski definition) is 9. The number of aryl methyl sites for hydroxylation is 1. The van der Waals surface area contributed by atoms with Crippen LogP contribution in [0.2, 0.25) is 5.28 Å². The number of aromatic nitrogens is 4. The third-order valence-electron chi connectivity index (χ3n) is 6.35. The number of carbonyl (C=O) groups excluding carboxylic acids is 1. The molecule has 0 bridgehead atoms. The summed E-state index contributed by atoms with van der Waals surface area (Å²) < 4.78 is 12.5. The van der Waals surface area contributed by atoms with E-state index in [1.165, 1.54) is 11.3 Å².